The van der Waals surface area contributed by atoms with Gasteiger partial charge in [0.05, 0.1) is 32.5 Å². The Morgan fingerprint density at radius 2 is 1.60 bits per heavy atom. The van der Waals surface area contributed by atoms with Crippen molar-refractivity contribution in [3.63, 3.8) is 0 Å². The van der Waals surface area contributed by atoms with E-state index in [1.54, 1.807) is 0 Å². The van der Waals surface area contributed by atoms with Crippen LogP contribution in [-0.2, 0) is 4.74 Å². The summed E-state index contributed by atoms with van der Waals surface area (Å²) in [6.07, 6.45) is -7.51. The van der Waals surface area contributed by atoms with Crippen LogP contribution in [0.3, 0.4) is 0 Å². The lowest BCUT2D eigenvalue weighted by Crippen LogP contribution is -3.00. The Morgan fingerprint density at radius 1 is 0.886 bits per heavy atom. The fourth-order valence-electron chi connectivity index (χ4n) is 3.74. The molecule has 5 atom stereocenters. The SMILES string of the molecule is COc1cc(-c2[o+]c3cc(O)cc(OC)c3cc2O[C@@H]2O[C@H](CO)[C@H](O)[C@H](O)[C@H]2O)ccc1O.[Cl-]. The first-order chi connectivity index (χ1) is 16.3. The fourth-order valence-corrected chi connectivity index (χ4v) is 3.74. The summed E-state index contributed by atoms with van der Waals surface area (Å²) in [5.41, 5.74) is 0.637. The van der Waals surface area contributed by atoms with Gasteiger partial charge in [-0.05, 0) is 12.1 Å². The first-order valence-electron chi connectivity index (χ1n) is 10.3. The molecular formula is C23H25ClO11. The highest BCUT2D eigenvalue weighted by Crippen LogP contribution is 2.42. The summed E-state index contributed by atoms with van der Waals surface area (Å²) in [6.45, 7) is -0.623. The third-order valence-corrected chi connectivity index (χ3v) is 5.55. The molecule has 4 rings (SSSR count). The number of rotatable bonds is 6. The summed E-state index contributed by atoms with van der Waals surface area (Å²) in [6, 6.07) is 8.67. The van der Waals surface area contributed by atoms with Crippen molar-refractivity contribution in [2.24, 2.45) is 0 Å². The third-order valence-electron chi connectivity index (χ3n) is 5.55. The second-order valence-electron chi connectivity index (χ2n) is 7.70. The van der Waals surface area contributed by atoms with Gasteiger partial charge in [0.15, 0.2) is 11.5 Å². The molecule has 2 heterocycles. The maximum atomic E-state index is 10.4. The Hall–Kier alpha value is -3.06. The normalized spacial score (nSPS) is 24.0. The van der Waals surface area contributed by atoms with Crippen molar-refractivity contribution in [3.8, 4) is 40.1 Å². The summed E-state index contributed by atoms with van der Waals surface area (Å²) < 4.78 is 27.9. The van der Waals surface area contributed by atoms with E-state index in [1.165, 1.54) is 50.6 Å². The van der Waals surface area contributed by atoms with Gasteiger partial charge in [0.2, 0.25) is 12.0 Å². The minimum Gasteiger partial charge on any atom is -1.00 e. The highest BCUT2D eigenvalue weighted by atomic mass is 35.5. The molecule has 1 aliphatic heterocycles. The molecular weight excluding hydrogens is 488 g/mol. The van der Waals surface area contributed by atoms with Gasteiger partial charge in [0.1, 0.15) is 41.3 Å². The van der Waals surface area contributed by atoms with Crippen molar-refractivity contribution >= 4 is 11.0 Å². The number of halogens is 1. The van der Waals surface area contributed by atoms with Crippen molar-refractivity contribution < 1.29 is 66.4 Å². The van der Waals surface area contributed by atoms with Crippen LogP contribution < -0.4 is 26.6 Å². The van der Waals surface area contributed by atoms with Gasteiger partial charge in [-0.3, -0.25) is 0 Å². The molecule has 0 aliphatic carbocycles. The molecule has 6 N–H and O–H groups in total. The maximum absolute atomic E-state index is 10.4. The second-order valence-corrected chi connectivity index (χ2v) is 7.70. The third kappa shape index (κ3) is 5.01. The molecule has 1 saturated heterocycles. The highest BCUT2D eigenvalue weighted by molar-refractivity contribution is 5.89. The Balaban J connectivity index is 0.00000342. The number of phenols is 2. The van der Waals surface area contributed by atoms with E-state index in [4.69, 9.17) is 23.4 Å². The number of methoxy groups -OCH3 is 2. The number of aliphatic hydroxyl groups excluding tert-OH is 4. The first kappa shape index (κ1) is 26.5. The topological polar surface area (TPSA) is 170 Å². The van der Waals surface area contributed by atoms with Crippen LogP contribution in [0.1, 0.15) is 0 Å². The van der Waals surface area contributed by atoms with Crippen LogP contribution in [0.2, 0.25) is 0 Å². The zero-order chi connectivity index (χ0) is 24.6. The van der Waals surface area contributed by atoms with E-state index in [9.17, 15) is 30.6 Å². The summed E-state index contributed by atoms with van der Waals surface area (Å²) in [7, 11) is 2.79. The van der Waals surface area contributed by atoms with Gasteiger partial charge in [0, 0.05) is 18.2 Å². The number of fused-ring (bicyclic) bond motifs is 1. The molecule has 0 radical (unpaired) electrons. The van der Waals surface area contributed by atoms with Crippen LogP contribution in [0, 0.1) is 0 Å². The number of hydrogen-bond acceptors (Lipinski definition) is 10. The van der Waals surface area contributed by atoms with Crippen molar-refractivity contribution in [2.45, 2.75) is 30.7 Å². The molecule has 190 valence electrons. The van der Waals surface area contributed by atoms with Gasteiger partial charge in [-0.2, -0.15) is 0 Å². The number of aliphatic hydroxyl groups is 4. The second kappa shape index (κ2) is 10.7. The van der Waals surface area contributed by atoms with E-state index >= 15 is 0 Å². The van der Waals surface area contributed by atoms with Crippen molar-refractivity contribution in [1.29, 1.82) is 0 Å². The predicted molar refractivity (Wildman–Crippen MR) is 117 cm³/mol. The Bertz CT molecular complexity index is 1190. The minimum atomic E-state index is -1.66. The first-order valence-corrected chi connectivity index (χ1v) is 10.3. The molecule has 2 aromatic carbocycles. The molecule has 3 aromatic rings. The zero-order valence-corrected chi connectivity index (χ0v) is 19.4. The molecule has 0 saturated carbocycles. The van der Waals surface area contributed by atoms with Crippen molar-refractivity contribution in [1.82, 2.24) is 0 Å². The molecule has 0 unspecified atom stereocenters. The maximum Gasteiger partial charge on any atom is 0.402 e. The van der Waals surface area contributed by atoms with E-state index in [0.29, 0.717) is 10.9 Å². The smallest absolute Gasteiger partial charge is 0.402 e. The van der Waals surface area contributed by atoms with Gasteiger partial charge >= 0.3 is 11.3 Å². The quantitative estimate of drug-likeness (QED) is 0.202. The van der Waals surface area contributed by atoms with Gasteiger partial charge in [0.25, 0.3) is 0 Å². The molecule has 0 bridgehead atoms. The molecule has 35 heavy (non-hydrogen) atoms. The lowest BCUT2D eigenvalue weighted by atomic mass is 9.99. The van der Waals surface area contributed by atoms with E-state index in [0.717, 1.165) is 0 Å². The average molecular weight is 513 g/mol. The summed E-state index contributed by atoms with van der Waals surface area (Å²) in [4.78, 5) is 0. The zero-order valence-electron chi connectivity index (χ0n) is 18.7. The van der Waals surface area contributed by atoms with Crippen LogP contribution in [0.15, 0.2) is 40.8 Å². The van der Waals surface area contributed by atoms with Crippen LogP contribution in [0.5, 0.6) is 28.7 Å². The van der Waals surface area contributed by atoms with E-state index in [2.05, 4.69) is 0 Å². The molecule has 0 amide bonds. The molecule has 0 spiro atoms. The Morgan fingerprint density at radius 3 is 2.26 bits per heavy atom. The molecule has 11 nitrogen and oxygen atoms in total. The van der Waals surface area contributed by atoms with Crippen LogP contribution in [0.25, 0.3) is 22.3 Å². The van der Waals surface area contributed by atoms with Crippen molar-refractivity contribution in [3.05, 3.63) is 36.4 Å². The van der Waals surface area contributed by atoms with Gasteiger partial charge in [-0.25, -0.2) is 4.42 Å². The van der Waals surface area contributed by atoms with Gasteiger partial charge < -0.3 is 62.0 Å². The summed E-state index contributed by atoms with van der Waals surface area (Å²) in [5, 5.41) is 60.5. The Labute approximate surface area is 205 Å². The predicted octanol–water partition coefficient (Wildman–Crippen LogP) is -2.01. The molecule has 1 aliphatic rings. The van der Waals surface area contributed by atoms with E-state index < -0.39 is 37.3 Å². The number of aromatic hydroxyl groups is 2. The summed E-state index contributed by atoms with van der Waals surface area (Å²) >= 11 is 0. The lowest BCUT2D eigenvalue weighted by molar-refractivity contribution is -0.277. The summed E-state index contributed by atoms with van der Waals surface area (Å²) in [5.74, 6) is 0.351. The Kier molecular flexibility index (Phi) is 8.11. The standard InChI is InChI=1S/C23H24O11.ClH/c1-30-14-6-11(25)7-15-12(14)8-17(22(32-15)10-3-4-13(26)16(5-10)31-2)33-23-21(29)20(28)19(27)18(9-24)34-23;/h3-8,18-21,23-24,27-29H,9H2,1-2H3,(H-,25,26);1H/t18-,19+,20+,21-,23-;/m1./s1. The molecule has 1 fully saturated rings. The van der Waals surface area contributed by atoms with Crippen LogP contribution >= 0.6 is 0 Å². The monoisotopic (exact) mass is 512 g/mol. The van der Waals surface area contributed by atoms with E-state index in [1.807, 2.05) is 0 Å². The fraction of sp³-hybridized carbons (Fsp3) is 0.348. The van der Waals surface area contributed by atoms with Gasteiger partial charge in [-0.15, -0.1) is 0 Å². The number of phenolic OH excluding ortho intramolecular Hbond substituents is 2. The van der Waals surface area contributed by atoms with Crippen LogP contribution in [-0.4, -0.2) is 82.2 Å². The number of ether oxygens (including phenoxy) is 4. The highest BCUT2D eigenvalue weighted by Gasteiger charge is 2.45. The minimum absolute atomic E-state index is 0. The molecule has 1 aromatic heterocycles. The van der Waals surface area contributed by atoms with Gasteiger partial charge in [-0.1, -0.05) is 0 Å². The van der Waals surface area contributed by atoms with Crippen molar-refractivity contribution in [2.75, 3.05) is 20.8 Å². The van der Waals surface area contributed by atoms with Crippen LogP contribution in [0.4, 0.5) is 0 Å². The molecule has 12 heteroatoms. The van der Waals surface area contributed by atoms with E-state index in [-0.39, 0.29) is 52.5 Å². The largest absolute Gasteiger partial charge is 1.00 e. The average Bonchev–Trinajstić information content (AvgIpc) is 2.83. The number of benzene rings is 2. The lowest BCUT2D eigenvalue weighted by Gasteiger charge is -2.39. The number of hydrogen-bond donors (Lipinski definition) is 6.